The second kappa shape index (κ2) is 7.66. The number of carbonyl (C=O) groups is 1. The van der Waals surface area contributed by atoms with Crippen LogP contribution in [-0.4, -0.2) is 25.7 Å². The summed E-state index contributed by atoms with van der Waals surface area (Å²) in [5.74, 6) is 0.712. The lowest BCUT2D eigenvalue weighted by Gasteiger charge is -2.26. The van der Waals surface area contributed by atoms with Gasteiger partial charge < -0.3 is 10.1 Å². The van der Waals surface area contributed by atoms with Crippen LogP contribution in [-0.2, 0) is 9.53 Å². The van der Waals surface area contributed by atoms with Crippen molar-refractivity contribution in [3.8, 4) is 0 Å². The van der Waals surface area contributed by atoms with Crippen LogP contribution < -0.4 is 5.32 Å². The molecule has 0 saturated heterocycles. The van der Waals surface area contributed by atoms with Crippen LogP contribution in [0.5, 0.6) is 0 Å². The number of carbonyl (C=O) groups excluding carboxylic acids is 1. The molecule has 3 nitrogen and oxygen atoms in total. The number of hydrogen-bond acceptors (Lipinski definition) is 3. The van der Waals surface area contributed by atoms with Gasteiger partial charge >= 0.3 is 5.97 Å². The summed E-state index contributed by atoms with van der Waals surface area (Å²) in [6, 6.07) is 0.306. The summed E-state index contributed by atoms with van der Waals surface area (Å²) < 4.78 is 4.74. The molecule has 0 amide bonds. The summed E-state index contributed by atoms with van der Waals surface area (Å²) in [4.78, 5) is 11.3. The normalized spacial score (nSPS) is 19.4. The average molecular weight is 227 g/mol. The molecule has 0 aliphatic heterocycles. The number of esters is 1. The minimum atomic E-state index is -0.0956. The van der Waals surface area contributed by atoms with E-state index in [1.54, 1.807) is 0 Å². The molecule has 94 valence electrons. The van der Waals surface area contributed by atoms with E-state index in [-0.39, 0.29) is 5.97 Å². The molecule has 1 fully saturated rings. The predicted octanol–water partition coefficient (Wildman–Crippen LogP) is 2.50. The van der Waals surface area contributed by atoms with Gasteiger partial charge in [-0.25, -0.2) is 0 Å². The van der Waals surface area contributed by atoms with Crippen LogP contribution in [0.25, 0.3) is 0 Å². The van der Waals surface area contributed by atoms with Gasteiger partial charge in [-0.15, -0.1) is 0 Å². The number of ether oxygens (including phenoxy) is 1. The van der Waals surface area contributed by atoms with Crippen molar-refractivity contribution in [2.45, 2.75) is 57.9 Å². The van der Waals surface area contributed by atoms with Crippen molar-refractivity contribution in [2.75, 3.05) is 13.7 Å². The molecule has 1 N–H and O–H groups in total. The van der Waals surface area contributed by atoms with Crippen LogP contribution in [0.15, 0.2) is 0 Å². The second-order valence-electron chi connectivity index (χ2n) is 4.77. The standard InChI is InChI=1S/C13H25NO2/c1-3-14-12(10-13(15)16-2)9-11-7-5-4-6-8-11/h11-12,14H,3-10H2,1-2H3. The first-order chi connectivity index (χ1) is 7.76. The molecule has 0 radical (unpaired) electrons. The quantitative estimate of drug-likeness (QED) is 0.709. The van der Waals surface area contributed by atoms with Gasteiger partial charge in [-0.05, 0) is 18.9 Å². The van der Waals surface area contributed by atoms with Gasteiger partial charge in [0.25, 0.3) is 0 Å². The maximum atomic E-state index is 11.3. The van der Waals surface area contributed by atoms with E-state index in [2.05, 4.69) is 12.2 Å². The fourth-order valence-corrected chi connectivity index (χ4v) is 2.64. The molecule has 0 aromatic heterocycles. The molecule has 0 spiro atoms. The molecule has 1 unspecified atom stereocenters. The molecule has 0 heterocycles. The molecule has 0 aromatic carbocycles. The Balaban J connectivity index is 2.33. The van der Waals surface area contributed by atoms with E-state index in [9.17, 15) is 4.79 Å². The Bertz CT molecular complexity index is 200. The largest absolute Gasteiger partial charge is 0.469 e. The zero-order chi connectivity index (χ0) is 11.8. The monoisotopic (exact) mass is 227 g/mol. The summed E-state index contributed by atoms with van der Waals surface area (Å²) in [6.45, 7) is 3.01. The topological polar surface area (TPSA) is 38.3 Å². The van der Waals surface area contributed by atoms with Crippen molar-refractivity contribution >= 4 is 5.97 Å². The Labute approximate surface area is 98.9 Å². The third kappa shape index (κ3) is 4.97. The Kier molecular flexibility index (Phi) is 6.46. The highest BCUT2D eigenvalue weighted by Gasteiger charge is 2.20. The highest BCUT2D eigenvalue weighted by Crippen LogP contribution is 2.27. The summed E-state index contributed by atoms with van der Waals surface area (Å²) in [5, 5.41) is 3.39. The smallest absolute Gasteiger partial charge is 0.307 e. The lowest BCUT2D eigenvalue weighted by atomic mass is 9.84. The molecule has 0 aromatic rings. The number of methoxy groups -OCH3 is 1. The highest BCUT2D eigenvalue weighted by molar-refractivity contribution is 5.69. The molecule has 1 aliphatic rings. The fourth-order valence-electron chi connectivity index (χ4n) is 2.64. The third-order valence-electron chi connectivity index (χ3n) is 3.48. The maximum absolute atomic E-state index is 11.3. The first-order valence-corrected chi connectivity index (χ1v) is 6.56. The lowest BCUT2D eigenvalue weighted by molar-refractivity contribution is -0.141. The molecular weight excluding hydrogens is 202 g/mol. The summed E-state index contributed by atoms with van der Waals surface area (Å²) in [6.07, 6.45) is 8.43. The van der Waals surface area contributed by atoms with E-state index in [0.717, 1.165) is 18.9 Å². The van der Waals surface area contributed by atoms with Gasteiger partial charge in [-0.2, -0.15) is 0 Å². The molecule has 0 bridgehead atoms. The zero-order valence-electron chi connectivity index (χ0n) is 10.6. The van der Waals surface area contributed by atoms with E-state index in [0.29, 0.717) is 12.5 Å². The fraction of sp³-hybridized carbons (Fsp3) is 0.923. The highest BCUT2D eigenvalue weighted by atomic mass is 16.5. The Morgan fingerprint density at radius 3 is 2.62 bits per heavy atom. The van der Waals surface area contributed by atoms with Crippen LogP contribution >= 0.6 is 0 Å². The number of rotatable bonds is 6. The van der Waals surface area contributed by atoms with Crippen LogP contribution in [0.2, 0.25) is 0 Å². The van der Waals surface area contributed by atoms with Crippen molar-refractivity contribution < 1.29 is 9.53 Å². The van der Waals surface area contributed by atoms with Crippen LogP contribution in [0.1, 0.15) is 51.9 Å². The predicted molar refractivity (Wildman–Crippen MR) is 65.3 cm³/mol. The van der Waals surface area contributed by atoms with Gasteiger partial charge in [-0.1, -0.05) is 39.0 Å². The summed E-state index contributed by atoms with van der Waals surface area (Å²) in [5.41, 5.74) is 0. The van der Waals surface area contributed by atoms with Gasteiger partial charge in [0.1, 0.15) is 0 Å². The van der Waals surface area contributed by atoms with Crippen molar-refractivity contribution in [3.63, 3.8) is 0 Å². The summed E-state index contributed by atoms with van der Waals surface area (Å²) >= 11 is 0. The van der Waals surface area contributed by atoms with E-state index >= 15 is 0 Å². The van der Waals surface area contributed by atoms with Crippen LogP contribution in [0.4, 0.5) is 0 Å². The minimum Gasteiger partial charge on any atom is -0.469 e. The van der Waals surface area contributed by atoms with E-state index < -0.39 is 0 Å². The molecular formula is C13H25NO2. The van der Waals surface area contributed by atoms with Crippen molar-refractivity contribution in [3.05, 3.63) is 0 Å². The molecule has 3 heteroatoms. The van der Waals surface area contributed by atoms with Crippen molar-refractivity contribution in [1.29, 1.82) is 0 Å². The van der Waals surface area contributed by atoms with E-state index in [4.69, 9.17) is 4.74 Å². The van der Waals surface area contributed by atoms with Gasteiger partial charge in [0.2, 0.25) is 0 Å². The first-order valence-electron chi connectivity index (χ1n) is 6.56. The third-order valence-corrected chi connectivity index (χ3v) is 3.48. The maximum Gasteiger partial charge on any atom is 0.307 e. The molecule has 1 aliphatic carbocycles. The van der Waals surface area contributed by atoms with Gasteiger partial charge in [-0.3, -0.25) is 4.79 Å². The van der Waals surface area contributed by atoms with Crippen molar-refractivity contribution in [1.82, 2.24) is 5.32 Å². The summed E-state index contributed by atoms with van der Waals surface area (Å²) in [7, 11) is 1.46. The van der Waals surface area contributed by atoms with Crippen LogP contribution in [0.3, 0.4) is 0 Å². The minimum absolute atomic E-state index is 0.0956. The van der Waals surface area contributed by atoms with Gasteiger partial charge in [0, 0.05) is 6.04 Å². The molecule has 16 heavy (non-hydrogen) atoms. The number of nitrogens with one attached hydrogen (secondary N) is 1. The first kappa shape index (κ1) is 13.5. The Hall–Kier alpha value is -0.570. The molecule has 1 rings (SSSR count). The lowest BCUT2D eigenvalue weighted by Crippen LogP contribution is -2.34. The Morgan fingerprint density at radius 2 is 2.06 bits per heavy atom. The van der Waals surface area contributed by atoms with Crippen molar-refractivity contribution in [2.24, 2.45) is 5.92 Å². The molecule has 1 saturated carbocycles. The van der Waals surface area contributed by atoms with Gasteiger partial charge in [0.15, 0.2) is 0 Å². The second-order valence-corrected chi connectivity index (χ2v) is 4.77. The number of hydrogen-bond donors (Lipinski definition) is 1. The van der Waals surface area contributed by atoms with Crippen LogP contribution in [0, 0.1) is 5.92 Å². The van der Waals surface area contributed by atoms with Gasteiger partial charge in [0.05, 0.1) is 13.5 Å². The zero-order valence-corrected chi connectivity index (χ0v) is 10.6. The Morgan fingerprint density at radius 1 is 1.38 bits per heavy atom. The average Bonchev–Trinajstić information content (AvgIpc) is 2.30. The SMILES string of the molecule is CCNC(CC(=O)OC)CC1CCCCC1. The van der Waals surface area contributed by atoms with E-state index in [1.807, 2.05) is 0 Å². The molecule has 1 atom stereocenters. The van der Waals surface area contributed by atoms with E-state index in [1.165, 1.54) is 39.2 Å².